The van der Waals surface area contributed by atoms with Gasteiger partial charge < -0.3 is 4.52 Å². The van der Waals surface area contributed by atoms with Gasteiger partial charge in [0.05, 0.1) is 0 Å². The van der Waals surface area contributed by atoms with Gasteiger partial charge in [-0.25, -0.2) is 0 Å². The molecule has 0 radical (unpaired) electrons. The van der Waals surface area contributed by atoms with Crippen molar-refractivity contribution in [3.05, 3.63) is 46.6 Å². The maximum absolute atomic E-state index is 6.03. The maximum atomic E-state index is 6.03. The summed E-state index contributed by atoms with van der Waals surface area (Å²) < 4.78 is 5.02. The highest BCUT2D eigenvalue weighted by molar-refractivity contribution is 6.31. The van der Waals surface area contributed by atoms with Gasteiger partial charge in [0.1, 0.15) is 0 Å². The van der Waals surface area contributed by atoms with E-state index in [4.69, 9.17) is 16.1 Å². The van der Waals surface area contributed by atoms with Crippen molar-refractivity contribution < 1.29 is 4.52 Å². The van der Waals surface area contributed by atoms with Gasteiger partial charge in [-0.2, -0.15) is 4.98 Å². The van der Waals surface area contributed by atoms with Crippen LogP contribution in [0.3, 0.4) is 0 Å². The number of nitrogens with zero attached hydrogens (tertiary/aromatic N) is 2. The van der Waals surface area contributed by atoms with Gasteiger partial charge in [0, 0.05) is 11.4 Å². The number of aromatic nitrogens is 2. The fraction of sp³-hybridized carbons (Fsp3) is 0.273. The molecule has 0 saturated carbocycles. The molecule has 0 bridgehead atoms. The zero-order valence-corrected chi connectivity index (χ0v) is 9.16. The first-order valence-corrected chi connectivity index (χ1v) is 5.16. The van der Waals surface area contributed by atoms with Crippen molar-refractivity contribution in [2.24, 2.45) is 0 Å². The van der Waals surface area contributed by atoms with Gasteiger partial charge in [-0.3, -0.25) is 0 Å². The average Bonchev–Trinajstić information content (AvgIpc) is 2.63. The monoisotopic (exact) mass is 222 g/mol. The van der Waals surface area contributed by atoms with Crippen LogP contribution in [0.15, 0.2) is 28.8 Å². The Morgan fingerprint density at radius 2 is 2.07 bits per heavy atom. The first-order valence-electron chi connectivity index (χ1n) is 4.78. The molecule has 0 saturated heterocycles. The highest BCUT2D eigenvalue weighted by Gasteiger charge is 2.04. The van der Waals surface area contributed by atoms with E-state index in [1.165, 1.54) is 0 Å². The summed E-state index contributed by atoms with van der Waals surface area (Å²) in [5.41, 5.74) is 1.11. The standard InChI is InChI=1S/C11H11ClN2O/c1-8-13-11(15-14-8)7-6-9-4-2-3-5-10(9)12/h2-5H,6-7H2,1H3. The predicted octanol–water partition coefficient (Wildman–Crippen LogP) is 2.82. The second-order valence-corrected chi connectivity index (χ2v) is 3.73. The van der Waals surface area contributed by atoms with E-state index in [9.17, 15) is 0 Å². The van der Waals surface area contributed by atoms with E-state index in [1.54, 1.807) is 0 Å². The van der Waals surface area contributed by atoms with Crippen molar-refractivity contribution in [3.8, 4) is 0 Å². The molecule has 0 aliphatic heterocycles. The molecule has 78 valence electrons. The van der Waals surface area contributed by atoms with Crippen LogP contribution in [0.1, 0.15) is 17.3 Å². The third-order valence-corrected chi connectivity index (χ3v) is 2.50. The van der Waals surface area contributed by atoms with Crippen molar-refractivity contribution >= 4 is 11.6 Å². The Hall–Kier alpha value is -1.35. The highest BCUT2D eigenvalue weighted by Crippen LogP contribution is 2.16. The zero-order chi connectivity index (χ0) is 10.7. The molecule has 15 heavy (non-hydrogen) atoms. The van der Waals surface area contributed by atoms with E-state index in [-0.39, 0.29) is 0 Å². The van der Waals surface area contributed by atoms with Crippen LogP contribution in [-0.4, -0.2) is 10.1 Å². The third-order valence-electron chi connectivity index (χ3n) is 2.14. The number of benzene rings is 1. The Balaban J connectivity index is 2.02. The van der Waals surface area contributed by atoms with E-state index >= 15 is 0 Å². The topological polar surface area (TPSA) is 38.9 Å². The fourth-order valence-corrected chi connectivity index (χ4v) is 1.61. The maximum Gasteiger partial charge on any atom is 0.226 e. The number of hydrogen-bond acceptors (Lipinski definition) is 3. The molecule has 0 amide bonds. The SMILES string of the molecule is Cc1noc(CCc2ccccc2Cl)n1. The van der Waals surface area contributed by atoms with Crippen LogP contribution >= 0.6 is 11.6 Å². The average molecular weight is 223 g/mol. The normalized spacial score (nSPS) is 10.5. The van der Waals surface area contributed by atoms with Crippen molar-refractivity contribution in [3.63, 3.8) is 0 Å². The molecule has 1 aromatic carbocycles. The lowest BCUT2D eigenvalue weighted by Crippen LogP contribution is -1.92. The summed E-state index contributed by atoms with van der Waals surface area (Å²) in [5.74, 6) is 1.33. The summed E-state index contributed by atoms with van der Waals surface area (Å²) in [4.78, 5) is 4.13. The van der Waals surface area contributed by atoms with Crippen LogP contribution in [-0.2, 0) is 12.8 Å². The molecule has 3 nitrogen and oxygen atoms in total. The molecular weight excluding hydrogens is 212 g/mol. The van der Waals surface area contributed by atoms with Gasteiger partial charge in [0.25, 0.3) is 0 Å². The lowest BCUT2D eigenvalue weighted by atomic mass is 10.1. The molecule has 1 heterocycles. The molecule has 2 aromatic rings. The lowest BCUT2D eigenvalue weighted by molar-refractivity contribution is 0.375. The summed E-state index contributed by atoms with van der Waals surface area (Å²) in [5, 5.41) is 4.52. The smallest absolute Gasteiger partial charge is 0.226 e. The van der Waals surface area contributed by atoms with Gasteiger partial charge in [-0.05, 0) is 25.0 Å². The molecular formula is C11H11ClN2O. The second-order valence-electron chi connectivity index (χ2n) is 3.33. The van der Waals surface area contributed by atoms with Crippen LogP contribution in [0.2, 0.25) is 5.02 Å². The lowest BCUT2D eigenvalue weighted by Gasteiger charge is -2.00. The van der Waals surface area contributed by atoms with Gasteiger partial charge in [-0.1, -0.05) is 35.0 Å². The summed E-state index contributed by atoms with van der Waals surface area (Å²) in [7, 11) is 0. The number of aryl methyl sites for hydroxylation is 3. The second kappa shape index (κ2) is 4.45. The Labute approximate surface area is 93.1 Å². The molecule has 0 N–H and O–H groups in total. The quantitative estimate of drug-likeness (QED) is 0.802. The first kappa shape index (κ1) is 10.2. The minimum Gasteiger partial charge on any atom is -0.339 e. The Bertz CT molecular complexity index is 453. The zero-order valence-electron chi connectivity index (χ0n) is 8.40. The Morgan fingerprint density at radius 3 is 2.73 bits per heavy atom. The fourth-order valence-electron chi connectivity index (χ4n) is 1.38. The predicted molar refractivity (Wildman–Crippen MR) is 57.9 cm³/mol. The summed E-state index contributed by atoms with van der Waals surface area (Å²) in [6.07, 6.45) is 1.55. The van der Waals surface area contributed by atoms with Crippen LogP contribution in [0.25, 0.3) is 0 Å². The molecule has 2 rings (SSSR count). The summed E-state index contributed by atoms with van der Waals surface area (Å²) in [6, 6.07) is 7.78. The van der Waals surface area contributed by atoms with Crippen molar-refractivity contribution in [1.29, 1.82) is 0 Å². The number of halogens is 1. The summed E-state index contributed by atoms with van der Waals surface area (Å²) in [6.45, 7) is 1.81. The molecule has 1 aromatic heterocycles. The van der Waals surface area contributed by atoms with Crippen molar-refractivity contribution in [2.75, 3.05) is 0 Å². The van der Waals surface area contributed by atoms with Gasteiger partial charge >= 0.3 is 0 Å². The van der Waals surface area contributed by atoms with Gasteiger partial charge in [0.15, 0.2) is 5.82 Å². The third kappa shape index (κ3) is 2.57. The minimum absolute atomic E-state index is 0.660. The van der Waals surface area contributed by atoms with E-state index in [0.29, 0.717) is 11.7 Å². The van der Waals surface area contributed by atoms with E-state index < -0.39 is 0 Å². The Morgan fingerprint density at radius 1 is 1.27 bits per heavy atom. The minimum atomic E-state index is 0.660. The van der Waals surface area contributed by atoms with Crippen LogP contribution < -0.4 is 0 Å². The van der Waals surface area contributed by atoms with Crippen LogP contribution in [0.4, 0.5) is 0 Å². The van der Waals surface area contributed by atoms with E-state index in [1.807, 2.05) is 31.2 Å². The van der Waals surface area contributed by atoms with Gasteiger partial charge in [0.2, 0.25) is 5.89 Å². The molecule has 0 atom stereocenters. The number of rotatable bonds is 3. The Kier molecular flexibility index (Phi) is 3.02. The van der Waals surface area contributed by atoms with Crippen LogP contribution in [0.5, 0.6) is 0 Å². The van der Waals surface area contributed by atoms with Crippen LogP contribution in [0, 0.1) is 6.92 Å². The van der Waals surface area contributed by atoms with Crippen molar-refractivity contribution in [2.45, 2.75) is 19.8 Å². The molecule has 0 aliphatic carbocycles. The largest absolute Gasteiger partial charge is 0.339 e. The molecule has 0 aliphatic rings. The van der Waals surface area contributed by atoms with E-state index in [2.05, 4.69) is 10.1 Å². The van der Waals surface area contributed by atoms with Gasteiger partial charge in [-0.15, -0.1) is 0 Å². The van der Waals surface area contributed by atoms with Crippen molar-refractivity contribution in [1.82, 2.24) is 10.1 Å². The van der Waals surface area contributed by atoms with E-state index in [0.717, 1.165) is 23.4 Å². The molecule has 4 heteroatoms. The first-order chi connectivity index (χ1) is 7.25. The molecule has 0 fully saturated rings. The molecule has 0 unspecified atom stereocenters. The number of hydrogen-bond donors (Lipinski definition) is 0. The molecule has 0 spiro atoms. The highest BCUT2D eigenvalue weighted by atomic mass is 35.5. The summed E-state index contributed by atoms with van der Waals surface area (Å²) >= 11 is 6.03.